The molecule has 0 amide bonds. The smallest absolute Gasteiger partial charge is 0.397 e. The van der Waals surface area contributed by atoms with Gasteiger partial charge in [0.05, 0.1) is 29.2 Å². The van der Waals surface area contributed by atoms with Gasteiger partial charge >= 0.3 is 6.18 Å². The average molecular weight is 507 g/mol. The predicted octanol–water partition coefficient (Wildman–Crippen LogP) is 4.90. The van der Waals surface area contributed by atoms with Crippen molar-refractivity contribution in [2.24, 2.45) is 0 Å². The lowest BCUT2D eigenvalue weighted by atomic mass is 10.1. The van der Waals surface area contributed by atoms with E-state index in [1.165, 1.54) is 18.2 Å². The van der Waals surface area contributed by atoms with E-state index in [2.05, 4.69) is 17.0 Å². The lowest BCUT2D eigenvalue weighted by Crippen LogP contribution is -2.24. The van der Waals surface area contributed by atoms with Crippen LogP contribution < -0.4 is 16.9 Å². The highest BCUT2D eigenvalue weighted by Crippen LogP contribution is 2.29. The lowest BCUT2D eigenvalue weighted by molar-refractivity contribution is -0.138. The van der Waals surface area contributed by atoms with E-state index in [1.54, 1.807) is 28.0 Å². The van der Waals surface area contributed by atoms with Crippen LogP contribution in [0.4, 0.5) is 27.6 Å². The first kappa shape index (κ1) is 26.5. The van der Waals surface area contributed by atoms with E-state index in [4.69, 9.17) is 5.73 Å². The van der Waals surface area contributed by atoms with Gasteiger partial charge in [-0.15, -0.1) is 0 Å². The number of nitrogen functional groups attached to an aromatic ring is 1. The summed E-state index contributed by atoms with van der Waals surface area (Å²) in [6.45, 7) is 2.68. The van der Waals surface area contributed by atoms with Crippen LogP contribution in [-0.4, -0.2) is 19.7 Å². The van der Waals surface area contributed by atoms with E-state index in [1.807, 2.05) is 0 Å². The number of nitrogens with zero attached hydrogens (tertiary/aromatic N) is 3. The molecule has 0 spiro atoms. The number of aromatic amines is 1. The number of hydrogen-bond acceptors (Lipinski definition) is 5. The summed E-state index contributed by atoms with van der Waals surface area (Å²) in [5, 5.41) is 5.34. The number of benzene rings is 1. The lowest BCUT2D eigenvalue weighted by Gasteiger charge is -2.09. The van der Waals surface area contributed by atoms with Crippen LogP contribution in [-0.2, 0) is 12.7 Å². The molecule has 36 heavy (non-hydrogen) atoms. The van der Waals surface area contributed by atoms with Crippen LogP contribution in [0.15, 0.2) is 58.5 Å². The number of rotatable bonds is 5. The Bertz CT molecular complexity index is 1460. The summed E-state index contributed by atoms with van der Waals surface area (Å²) in [5.74, 6) is -1.03. The van der Waals surface area contributed by atoms with Crippen LogP contribution >= 0.6 is 0 Å². The molecule has 0 atom stereocenters. The zero-order valence-corrected chi connectivity index (χ0v) is 19.1. The van der Waals surface area contributed by atoms with E-state index in [-0.39, 0.29) is 10.9 Å². The van der Waals surface area contributed by atoms with Gasteiger partial charge in [-0.3, -0.25) is 14.6 Å². The number of unbranched alkanes of at least 4 members (excludes halogenated alkanes) is 2. The quantitative estimate of drug-likeness (QED) is 0.295. The number of aromatic nitrogens is 4. The van der Waals surface area contributed by atoms with Gasteiger partial charge < -0.3 is 10.3 Å². The molecule has 0 saturated heterocycles. The summed E-state index contributed by atoms with van der Waals surface area (Å²) in [6, 6.07) is 7.48. The van der Waals surface area contributed by atoms with Gasteiger partial charge in [0.1, 0.15) is 17.2 Å². The maximum atomic E-state index is 14.5. The minimum Gasteiger partial charge on any atom is -0.397 e. The summed E-state index contributed by atoms with van der Waals surface area (Å²) in [7, 11) is 0. The second kappa shape index (κ2) is 11.1. The molecule has 7 nitrogen and oxygen atoms in total. The Labute approximate surface area is 201 Å². The molecule has 0 saturated carbocycles. The zero-order valence-electron chi connectivity index (χ0n) is 19.1. The highest BCUT2D eigenvalue weighted by Gasteiger charge is 2.36. The number of pyridine rings is 2. The molecule has 12 heteroatoms. The third-order valence-corrected chi connectivity index (χ3v) is 5.22. The molecule has 0 radical (unpaired) electrons. The summed E-state index contributed by atoms with van der Waals surface area (Å²) in [5.41, 5.74) is 2.15. The largest absolute Gasteiger partial charge is 0.423 e. The fourth-order valence-electron chi connectivity index (χ4n) is 3.47. The molecule has 0 aliphatic heterocycles. The minimum atomic E-state index is -4.74. The summed E-state index contributed by atoms with van der Waals surface area (Å²) in [4.78, 5) is 27.0. The van der Waals surface area contributed by atoms with Gasteiger partial charge in [-0.25, -0.2) is 13.9 Å². The van der Waals surface area contributed by atoms with Crippen molar-refractivity contribution in [1.82, 2.24) is 19.7 Å². The van der Waals surface area contributed by atoms with Gasteiger partial charge in [-0.1, -0.05) is 19.8 Å². The summed E-state index contributed by atoms with van der Waals surface area (Å²) in [6.07, 6.45) is 1.77. The molecule has 190 valence electrons. The van der Waals surface area contributed by atoms with Crippen LogP contribution in [0.25, 0.3) is 22.0 Å². The molecule has 3 aromatic heterocycles. The number of H-pyrrole nitrogens is 1. The topological polar surface area (TPSA) is 107 Å². The first-order valence-corrected chi connectivity index (χ1v) is 10.9. The fraction of sp³-hybridized carbons (Fsp3) is 0.250. The van der Waals surface area contributed by atoms with E-state index < -0.39 is 34.6 Å². The first-order chi connectivity index (χ1) is 17.0. The Morgan fingerprint density at radius 2 is 1.81 bits per heavy atom. The Morgan fingerprint density at radius 3 is 2.39 bits per heavy atom. The van der Waals surface area contributed by atoms with Crippen LogP contribution in [0.5, 0.6) is 0 Å². The summed E-state index contributed by atoms with van der Waals surface area (Å²) < 4.78 is 65.0. The van der Waals surface area contributed by atoms with Crippen molar-refractivity contribution < 1.29 is 22.0 Å². The van der Waals surface area contributed by atoms with Gasteiger partial charge in [-0.05, 0) is 42.1 Å². The molecule has 3 N–H and O–H groups in total. The SMILES string of the molecule is CCCCCn1ccc2cc(-c3ccc(F)cn3)cc(F)c2c1=O.Nc1cn[nH]c(=O)c1C(F)(F)F. The van der Waals surface area contributed by atoms with Gasteiger partial charge in [0.15, 0.2) is 0 Å². The number of fused-ring (bicyclic) bond motifs is 1. The van der Waals surface area contributed by atoms with Crippen molar-refractivity contribution in [3.8, 4) is 11.3 Å². The molecule has 4 aromatic rings. The molecular formula is C24H22F5N5O2. The normalized spacial score (nSPS) is 11.3. The van der Waals surface area contributed by atoms with Crippen molar-refractivity contribution in [3.63, 3.8) is 0 Å². The third kappa shape index (κ3) is 6.12. The number of nitrogens with one attached hydrogen (secondary N) is 1. The van der Waals surface area contributed by atoms with Gasteiger partial charge in [0.2, 0.25) is 0 Å². The fourth-order valence-corrected chi connectivity index (χ4v) is 3.47. The van der Waals surface area contributed by atoms with Crippen LogP contribution in [0.2, 0.25) is 0 Å². The van der Waals surface area contributed by atoms with Crippen molar-refractivity contribution in [2.75, 3.05) is 5.73 Å². The second-order valence-corrected chi connectivity index (χ2v) is 7.83. The molecule has 0 unspecified atom stereocenters. The highest BCUT2D eigenvalue weighted by molar-refractivity contribution is 5.86. The number of alkyl halides is 3. The average Bonchev–Trinajstić information content (AvgIpc) is 2.80. The Morgan fingerprint density at radius 1 is 1.06 bits per heavy atom. The monoisotopic (exact) mass is 507 g/mol. The van der Waals surface area contributed by atoms with Crippen LogP contribution in [0, 0.1) is 11.6 Å². The number of nitrogens with two attached hydrogens (primary N) is 1. The first-order valence-electron chi connectivity index (χ1n) is 10.9. The van der Waals surface area contributed by atoms with Crippen LogP contribution in [0.3, 0.4) is 0 Å². The Kier molecular flexibility index (Phi) is 8.18. The molecule has 3 heterocycles. The number of anilines is 1. The molecular weight excluding hydrogens is 485 g/mol. The van der Waals surface area contributed by atoms with Crippen LogP contribution in [0.1, 0.15) is 31.7 Å². The van der Waals surface area contributed by atoms with Gasteiger partial charge in [0.25, 0.3) is 11.1 Å². The molecule has 0 fully saturated rings. The van der Waals surface area contributed by atoms with E-state index in [0.29, 0.717) is 23.2 Å². The van der Waals surface area contributed by atoms with Crippen molar-refractivity contribution in [1.29, 1.82) is 0 Å². The van der Waals surface area contributed by atoms with E-state index >= 15 is 0 Å². The number of halogens is 5. The van der Waals surface area contributed by atoms with Gasteiger partial charge in [0, 0.05) is 18.3 Å². The maximum Gasteiger partial charge on any atom is 0.423 e. The van der Waals surface area contributed by atoms with Crippen molar-refractivity contribution in [3.05, 3.63) is 86.8 Å². The van der Waals surface area contributed by atoms with Crippen molar-refractivity contribution in [2.45, 2.75) is 38.9 Å². The molecule has 0 aliphatic rings. The Hall–Kier alpha value is -4.09. The predicted molar refractivity (Wildman–Crippen MR) is 125 cm³/mol. The second-order valence-electron chi connectivity index (χ2n) is 7.83. The maximum absolute atomic E-state index is 14.5. The third-order valence-electron chi connectivity index (χ3n) is 5.22. The molecule has 0 aliphatic carbocycles. The standard InChI is InChI=1S/C19H18F2N2O.C5H4F3N3O/c1-2-3-4-8-23-9-7-13-10-14(11-16(21)18(13)19(23)24)17-6-5-15(20)12-22-17;6-5(7,8)3-2(9)1-10-11-4(3)12/h5-7,9-12H,2-4,8H2,1H3;1H,(H3,9,11,12). The zero-order chi connectivity index (χ0) is 26.5. The number of hydrogen-bond donors (Lipinski definition) is 2. The summed E-state index contributed by atoms with van der Waals surface area (Å²) >= 11 is 0. The van der Waals surface area contributed by atoms with Gasteiger partial charge in [-0.2, -0.15) is 18.3 Å². The highest BCUT2D eigenvalue weighted by atomic mass is 19.4. The molecule has 4 rings (SSSR count). The minimum absolute atomic E-state index is 0.0832. The van der Waals surface area contributed by atoms with E-state index in [9.17, 15) is 31.5 Å². The molecule has 1 aromatic carbocycles. The molecule has 0 bridgehead atoms. The van der Waals surface area contributed by atoms with E-state index in [0.717, 1.165) is 31.7 Å². The Balaban J connectivity index is 0.000000253. The van der Waals surface area contributed by atoms with Crippen molar-refractivity contribution >= 4 is 16.5 Å². The number of aryl methyl sites for hydroxylation is 1.